The first-order valence-corrected chi connectivity index (χ1v) is 10.6. The number of fused-ring (bicyclic) bond motifs is 3. The van der Waals surface area contributed by atoms with E-state index in [4.69, 9.17) is 14.5 Å². The number of methoxy groups -OCH3 is 1. The second kappa shape index (κ2) is 7.61. The van der Waals surface area contributed by atoms with E-state index in [9.17, 15) is 4.79 Å². The summed E-state index contributed by atoms with van der Waals surface area (Å²) in [6.07, 6.45) is 0.478. The predicted octanol–water partition coefficient (Wildman–Crippen LogP) is 5.42. The van der Waals surface area contributed by atoms with E-state index >= 15 is 0 Å². The summed E-state index contributed by atoms with van der Waals surface area (Å²) >= 11 is 3.53. The SMILES string of the molecule is COC[C@@H]1C[C@@H](c2nc3c(ccc4cc(Br)ccc43)[nH]2)N(C(=O)OC(C)(C)C)C1. The Balaban J connectivity index is 1.72. The smallest absolute Gasteiger partial charge is 0.410 e. The molecule has 0 spiro atoms. The third-order valence-corrected chi connectivity index (χ3v) is 5.68. The van der Waals surface area contributed by atoms with Gasteiger partial charge in [0, 0.05) is 29.4 Å². The highest BCUT2D eigenvalue weighted by Gasteiger charge is 2.40. The molecule has 2 heterocycles. The van der Waals surface area contributed by atoms with Gasteiger partial charge in [0.25, 0.3) is 0 Å². The van der Waals surface area contributed by atoms with Crippen LogP contribution in [0.2, 0.25) is 0 Å². The van der Waals surface area contributed by atoms with Gasteiger partial charge in [-0.1, -0.05) is 28.1 Å². The molecule has 0 bridgehead atoms. The van der Waals surface area contributed by atoms with Crippen molar-refractivity contribution < 1.29 is 14.3 Å². The molecule has 154 valence electrons. The van der Waals surface area contributed by atoms with Crippen molar-refractivity contribution in [3.05, 3.63) is 40.6 Å². The van der Waals surface area contributed by atoms with Crippen molar-refractivity contribution in [2.24, 2.45) is 5.92 Å². The van der Waals surface area contributed by atoms with Gasteiger partial charge in [-0.2, -0.15) is 0 Å². The van der Waals surface area contributed by atoms with Crippen LogP contribution in [0.5, 0.6) is 0 Å². The molecule has 3 aromatic rings. The third kappa shape index (κ3) is 4.12. The highest BCUT2D eigenvalue weighted by Crippen LogP contribution is 2.37. The van der Waals surface area contributed by atoms with Crippen molar-refractivity contribution in [1.82, 2.24) is 14.9 Å². The minimum atomic E-state index is -0.543. The summed E-state index contributed by atoms with van der Waals surface area (Å²) in [5, 5.41) is 2.21. The zero-order valence-corrected chi connectivity index (χ0v) is 18.7. The standard InChI is InChI=1S/C22H26BrN3O3/c1-22(2,3)29-21(27)26-11-13(12-28-4)9-18(26)20-24-17-8-5-14-10-15(23)6-7-16(14)19(17)25-20/h5-8,10,13,18H,9,11-12H2,1-4H3,(H,24,25)/t13-,18+/m1/s1. The van der Waals surface area contributed by atoms with Gasteiger partial charge < -0.3 is 14.5 Å². The number of rotatable bonds is 3. The maximum absolute atomic E-state index is 12.9. The van der Waals surface area contributed by atoms with E-state index < -0.39 is 5.60 Å². The van der Waals surface area contributed by atoms with Gasteiger partial charge in [0.2, 0.25) is 0 Å². The lowest BCUT2D eigenvalue weighted by atomic mass is 10.1. The Bertz CT molecular complexity index is 1060. The lowest BCUT2D eigenvalue weighted by molar-refractivity contribution is 0.0209. The number of nitrogens with one attached hydrogen (secondary N) is 1. The summed E-state index contributed by atoms with van der Waals surface area (Å²) in [5.41, 5.74) is 1.34. The zero-order chi connectivity index (χ0) is 20.8. The molecule has 1 fully saturated rings. The van der Waals surface area contributed by atoms with Crippen LogP contribution in [-0.4, -0.2) is 46.8 Å². The van der Waals surface area contributed by atoms with E-state index in [1.54, 1.807) is 12.0 Å². The summed E-state index contributed by atoms with van der Waals surface area (Å²) in [6, 6.07) is 10.1. The molecule has 0 aliphatic carbocycles. The minimum Gasteiger partial charge on any atom is -0.444 e. The molecule has 2 atom stereocenters. The molecule has 1 saturated heterocycles. The Morgan fingerprint density at radius 3 is 2.83 bits per heavy atom. The van der Waals surface area contributed by atoms with E-state index in [0.29, 0.717) is 13.2 Å². The molecule has 1 N–H and O–H groups in total. The van der Waals surface area contributed by atoms with Crippen LogP contribution < -0.4 is 0 Å². The number of imidazole rings is 1. The van der Waals surface area contributed by atoms with Crippen molar-refractivity contribution >= 4 is 43.8 Å². The predicted molar refractivity (Wildman–Crippen MR) is 117 cm³/mol. The zero-order valence-electron chi connectivity index (χ0n) is 17.2. The number of benzene rings is 2. The Labute approximate surface area is 178 Å². The number of carbonyl (C=O) groups is 1. The Kier molecular flexibility index (Phi) is 5.29. The number of H-pyrrole nitrogens is 1. The molecule has 2 aromatic carbocycles. The van der Waals surface area contributed by atoms with Crippen molar-refractivity contribution in [2.75, 3.05) is 20.3 Å². The Morgan fingerprint density at radius 1 is 1.31 bits per heavy atom. The molecule has 0 radical (unpaired) electrons. The van der Waals surface area contributed by atoms with Crippen molar-refractivity contribution in [1.29, 1.82) is 0 Å². The minimum absolute atomic E-state index is 0.164. The Hall–Kier alpha value is -2.12. The molecular formula is C22H26BrN3O3. The first-order chi connectivity index (χ1) is 13.7. The number of aromatic nitrogens is 2. The van der Waals surface area contributed by atoms with E-state index in [-0.39, 0.29) is 18.1 Å². The molecule has 1 aliphatic heterocycles. The van der Waals surface area contributed by atoms with Crippen molar-refractivity contribution in [3.63, 3.8) is 0 Å². The average molecular weight is 460 g/mol. The Morgan fingerprint density at radius 2 is 2.10 bits per heavy atom. The maximum atomic E-state index is 12.9. The number of likely N-dealkylation sites (tertiary alicyclic amines) is 1. The molecule has 1 amide bonds. The molecule has 7 heteroatoms. The lowest BCUT2D eigenvalue weighted by Gasteiger charge is -2.27. The summed E-state index contributed by atoms with van der Waals surface area (Å²) in [5.74, 6) is 1.04. The van der Waals surface area contributed by atoms with Gasteiger partial charge in [-0.15, -0.1) is 0 Å². The van der Waals surface area contributed by atoms with Crippen LogP contribution in [0.15, 0.2) is 34.8 Å². The molecule has 4 rings (SSSR count). The van der Waals surface area contributed by atoms with Gasteiger partial charge in [0.15, 0.2) is 0 Å². The van der Waals surface area contributed by atoms with Crippen LogP contribution in [0.1, 0.15) is 39.1 Å². The lowest BCUT2D eigenvalue weighted by Crippen LogP contribution is -2.37. The number of hydrogen-bond donors (Lipinski definition) is 1. The van der Waals surface area contributed by atoms with E-state index in [2.05, 4.69) is 39.1 Å². The highest BCUT2D eigenvalue weighted by atomic mass is 79.9. The van der Waals surface area contributed by atoms with Crippen LogP contribution >= 0.6 is 15.9 Å². The van der Waals surface area contributed by atoms with Gasteiger partial charge in [-0.05, 0) is 50.8 Å². The molecule has 0 saturated carbocycles. The number of ether oxygens (including phenoxy) is 2. The van der Waals surface area contributed by atoms with Crippen LogP contribution in [0, 0.1) is 5.92 Å². The summed E-state index contributed by atoms with van der Waals surface area (Å²) < 4.78 is 12.0. The number of halogens is 1. The molecule has 1 aliphatic rings. The fourth-order valence-electron chi connectivity index (χ4n) is 4.01. The molecule has 6 nitrogen and oxygen atoms in total. The van der Waals surface area contributed by atoms with Crippen LogP contribution in [0.4, 0.5) is 4.79 Å². The normalized spacial score (nSPS) is 20.0. The quantitative estimate of drug-likeness (QED) is 0.567. The second-order valence-electron chi connectivity index (χ2n) is 8.65. The van der Waals surface area contributed by atoms with Gasteiger partial charge >= 0.3 is 6.09 Å². The molecule has 29 heavy (non-hydrogen) atoms. The van der Waals surface area contributed by atoms with Crippen LogP contribution in [0.25, 0.3) is 21.8 Å². The van der Waals surface area contributed by atoms with Crippen molar-refractivity contribution in [3.8, 4) is 0 Å². The van der Waals surface area contributed by atoms with E-state index in [0.717, 1.165) is 38.5 Å². The van der Waals surface area contributed by atoms with Crippen LogP contribution in [-0.2, 0) is 9.47 Å². The fraction of sp³-hybridized carbons (Fsp3) is 0.455. The summed E-state index contributed by atoms with van der Waals surface area (Å²) in [7, 11) is 1.69. The van der Waals surface area contributed by atoms with Gasteiger partial charge in [-0.25, -0.2) is 9.78 Å². The van der Waals surface area contributed by atoms with E-state index in [1.807, 2.05) is 32.9 Å². The third-order valence-electron chi connectivity index (χ3n) is 5.18. The summed E-state index contributed by atoms with van der Waals surface area (Å²) in [4.78, 5) is 23.0. The molecular weight excluding hydrogens is 434 g/mol. The first kappa shape index (κ1) is 20.2. The van der Waals surface area contributed by atoms with Gasteiger partial charge in [0.05, 0.1) is 23.7 Å². The average Bonchev–Trinajstić information content (AvgIpc) is 3.24. The fourth-order valence-corrected chi connectivity index (χ4v) is 4.39. The monoisotopic (exact) mass is 459 g/mol. The number of aromatic amines is 1. The number of hydrogen-bond acceptors (Lipinski definition) is 4. The topological polar surface area (TPSA) is 67.5 Å². The van der Waals surface area contributed by atoms with Gasteiger partial charge in [-0.3, -0.25) is 4.90 Å². The highest BCUT2D eigenvalue weighted by molar-refractivity contribution is 9.10. The number of nitrogens with zero attached hydrogens (tertiary/aromatic N) is 2. The van der Waals surface area contributed by atoms with Gasteiger partial charge in [0.1, 0.15) is 11.4 Å². The van der Waals surface area contributed by atoms with Crippen molar-refractivity contribution in [2.45, 2.75) is 38.8 Å². The molecule has 1 aromatic heterocycles. The maximum Gasteiger partial charge on any atom is 0.410 e. The molecule has 0 unspecified atom stereocenters. The first-order valence-electron chi connectivity index (χ1n) is 9.81. The second-order valence-corrected chi connectivity index (χ2v) is 9.57. The van der Waals surface area contributed by atoms with E-state index in [1.165, 1.54) is 0 Å². The largest absolute Gasteiger partial charge is 0.444 e. The van der Waals surface area contributed by atoms with Crippen LogP contribution in [0.3, 0.4) is 0 Å². The number of amides is 1. The summed E-state index contributed by atoms with van der Waals surface area (Å²) in [6.45, 7) is 6.85. The number of carbonyl (C=O) groups excluding carboxylic acids is 1.